The van der Waals surface area contributed by atoms with E-state index in [4.69, 9.17) is 47.7 Å². The summed E-state index contributed by atoms with van der Waals surface area (Å²) in [7, 11) is 1.67. The number of carboxylic acid groups (broad SMARTS) is 2. The normalized spacial score (nSPS) is 9.81. The molecule has 0 spiro atoms. The van der Waals surface area contributed by atoms with Gasteiger partial charge in [-0.2, -0.15) is 0 Å². The molecular formula is C18H19Cl2NO5. The van der Waals surface area contributed by atoms with Crippen LogP contribution in [-0.2, 0) is 22.6 Å². The number of aliphatic carboxylic acids is 2. The number of ether oxygens (including phenoxy) is 1. The minimum Gasteiger partial charge on any atom is -0.497 e. The van der Waals surface area contributed by atoms with Crippen LogP contribution in [-0.4, -0.2) is 35.8 Å². The Balaban J connectivity index is 0.000000487. The first-order valence-electron chi connectivity index (χ1n) is 7.58. The molecule has 6 nitrogen and oxygen atoms in total. The number of benzene rings is 2. The summed E-state index contributed by atoms with van der Waals surface area (Å²) in [6.07, 6.45) is 0.960. The highest BCUT2D eigenvalue weighted by Crippen LogP contribution is 2.25. The zero-order valence-electron chi connectivity index (χ0n) is 14.0. The first-order chi connectivity index (χ1) is 12.3. The molecule has 2 aromatic rings. The minimum absolute atomic E-state index is 0.598. The molecule has 0 bridgehead atoms. The van der Waals surface area contributed by atoms with Gasteiger partial charge in [0.2, 0.25) is 0 Å². The summed E-state index contributed by atoms with van der Waals surface area (Å²) in [4.78, 5) is 18.2. The van der Waals surface area contributed by atoms with Crippen molar-refractivity contribution in [2.75, 3.05) is 13.7 Å². The minimum atomic E-state index is -1.82. The monoisotopic (exact) mass is 399 g/mol. The molecule has 0 saturated heterocycles. The smallest absolute Gasteiger partial charge is 0.414 e. The van der Waals surface area contributed by atoms with E-state index < -0.39 is 11.9 Å². The summed E-state index contributed by atoms with van der Waals surface area (Å²) < 4.78 is 5.13. The molecule has 0 aliphatic carbocycles. The summed E-state index contributed by atoms with van der Waals surface area (Å²) in [5.74, 6) is -2.77. The number of carbonyl (C=O) groups is 2. The Labute approximate surface area is 161 Å². The molecule has 0 saturated carbocycles. The zero-order chi connectivity index (χ0) is 19.5. The van der Waals surface area contributed by atoms with Crippen LogP contribution in [0, 0.1) is 0 Å². The second kappa shape index (κ2) is 11.4. The maximum atomic E-state index is 9.10. The fourth-order valence-corrected chi connectivity index (χ4v) is 2.32. The predicted octanol–water partition coefficient (Wildman–Crippen LogP) is 3.49. The number of carboxylic acids is 2. The van der Waals surface area contributed by atoms with E-state index in [0.29, 0.717) is 10.0 Å². The van der Waals surface area contributed by atoms with Gasteiger partial charge in [-0.15, -0.1) is 0 Å². The molecule has 0 radical (unpaired) electrons. The van der Waals surface area contributed by atoms with E-state index in [9.17, 15) is 0 Å². The van der Waals surface area contributed by atoms with E-state index in [2.05, 4.69) is 17.4 Å². The van der Waals surface area contributed by atoms with Crippen LogP contribution in [0.15, 0.2) is 42.5 Å². The van der Waals surface area contributed by atoms with Crippen molar-refractivity contribution in [2.45, 2.75) is 13.0 Å². The van der Waals surface area contributed by atoms with E-state index in [1.807, 2.05) is 24.3 Å². The molecule has 0 atom stereocenters. The van der Waals surface area contributed by atoms with Crippen molar-refractivity contribution in [3.05, 3.63) is 63.6 Å². The van der Waals surface area contributed by atoms with Gasteiger partial charge in [0.25, 0.3) is 0 Å². The Hall–Kier alpha value is -2.28. The summed E-state index contributed by atoms with van der Waals surface area (Å²) in [5.41, 5.74) is 2.30. The second-order valence-electron chi connectivity index (χ2n) is 5.10. The van der Waals surface area contributed by atoms with Crippen molar-refractivity contribution in [2.24, 2.45) is 0 Å². The maximum absolute atomic E-state index is 9.10. The lowest BCUT2D eigenvalue weighted by molar-refractivity contribution is -0.159. The van der Waals surface area contributed by atoms with Crippen LogP contribution in [0.1, 0.15) is 11.1 Å². The molecule has 26 heavy (non-hydrogen) atoms. The van der Waals surface area contributed by atoms with E-state index in [1.165, 1.54) is 5.56 Å². The van der Waals surface area contributed by atoms with Crippen LogP contribution in [0.3, 0.4) is 0 Å². The number of hydrogen-bond acceptors (Lipinski definition) is 4. The highest BCUT2D eigenvalue weighted by molar-refractivity contribution is 6.42. The van der Waals surface area contributed by atoms with E-state index in [-0.39, 0.29) is 0 Å². The van der Waals surface area contributed by atoms with Crippen LogP contribution in [0.4, 0.5) is 0 Å². The molecule has 0 amide bonds. The lowest BCUT2D eigenvalue weighted by atomic mass is 10.1. The Morgan fingerprint density at radius 3 is 2.19 bits per heavy atom. The highest BCUT2D eigenvalue weighted by Gasteiger charge is 2.04. The van der Waals surface area contributed by atoms with Crippen LogP contribution >= 0.6 is 23.2 Å². The fourth-order valence-electron chi connectivity index (χ4n) is 1.93. The van der Waals surface area contributed by atoms with E-state index in [0.717, 1.165) is 30.8 Å². The number of hydrogen-bond donors (Lipinski definition) is 3. The number of methoxy groups -OCH3 is 1. The van der Waals surface area contributed by atoms with Crippen LogP contribution < -0.4 is 10.1 Å². The lowest BCUT2D eigenvalue weighted by Gasteiger charge is -2.08. The van der Waals surface area contributed by atoms with Crippen LogP contribution in [0.5, 0.6) is 5.75 Å². The molecule has 140 valence electrons. The molecule has 0 fully saturated rings. The molecule has 3 N–H and O–H groups in total. The fraction of sp³-hybridized carbons (Fsp3) is 0.222. The Bertz CT molecular complexity index is 723. The molecule has 2 rings (SSSR count). The third kappa shape index (κ3) is 7.74. The molecule has 0 aromatic heterocycles. The van der Waals surface area contributed by atoms with Crippen LogP contribution in [0.25, 0.3) is 0 Å². The van der Waals surface area contributed by atoms with Crippen molar-refractivity contribution in [1.29, 1.82) is 0 Å². The van der Waals surface area contributed by atoms with E-state index >= 15 is 0 Å². The van der Waals surface area contributed by atoms with Crippen molar-refractivity contribution >= 4 is 35.1 Å². The molecule has 0 aliphatic heterocycles. The second-order valence-corrected chi connectivity index (χ2v) is 5.88. The summed E-state index contributed by atoms with van der Waals surface area (Å²) in [6, 6.07) is 13.8. The first-order valence-corrected chi connectivity index (χ1v) is 8.33. The first kappa shape index (κ1) is 21.8. The predicted molar refractivity (Wildman–Crippen MR) is 100 cm³/mol. The van der Waals surface area contributed by atoms with Gasteiger partial charge in [-0.3, -0.25) is 0 Å². The van der Waals surface area contributed by atoms with E-state index in [1.54, 1.807) is 13.2 Å². The van der Waals surface area contributed by atoms with Crippen molar-refractivity contribution < 1.29 is 24.5 Å². The molecule has 0 aliphatic rings. The number of nitrogens with one attached hydrogen (secondary N) is 1. The Morgan fingerprint density at radius 2 is 1.65 bits per heavy atom. The van der Waals surface area contributed by atoms with Gasteiger partial charge in [-0.05, 0) is 42.3 Å². The average Bonchev–Trinajstić information content (AvgIpc) is 2.63. The van der Waals surface area contributed by atoms with Gasteiger partial charge in [0.05, 0.1) is 17.2 Å². The third-order valence-corrected chi connectivity index (χ3v) is 4.14. The quantitative estimate of drug-likeness (QED) is 0.508. The van der Waals surface area contributed by atoms with Gasteiger partial charge >= 0.3 is 11.9 Å². The van der Waals surface area contributed by atoms with Gasteiger partial charge in [-0.1, -0.05) is 47.5 Å². The maximum Gasteiger partial charge on any atom is 0.414 e. The summed E-state index contributed by atoms with van der Waals surface area (Å²) in [5, 5.41) is 19.4. The largest absolute Gasteiger partial charge is 0.497 e. The van der Waals surface area contributed by atoms with Gasteiger partial charge in [0.1, 0.15) is 5.75 Å². The van der Waals surface area contributed by atoms with Gasteiger partial charge in [0.15, 0.2) is 0 Å². The lowest BCUT2D eigenvalue weighted by Crippen LogP contribution is -2.16. The Kier molecular flexibility index (Phi) is 9.51. The van der Waals surface area contributed by atoms with Gasteiger partial charge in [0, 0.05) is 6.54 Å². The molecular weight excluding hydrogens is 381 g/mol. The SMILES string of the molecule is COc1ccc(CCNCc2cccc(Cl)c2Cl)cc1.O=C(O)C(=O)O. The van der Waals surface area contributed by atoms with Crippen molar-refractivity contribution in [3.8, 4) is 5.75 Å². The molecule has 2 aromatic carbocycles. The van der Waals surface area contributed by atoms with Crippen molar-refractivity contribution in [3.63, 3.8) is 0 Å². The number of halogens is 2. The topological polar surface area (TPSA) is 95.9 Å². The van der Waals surface area contributed by atoms with Gasteiger partial charge < -0.3 is 20.3 Å². The summed E-state index contributed by atoms with van der Waals surface area (Å²) in [6.45, 7) is 1.60. The third-order valence-electron chi connectivity index (χ3n) is 3.28. The average molecular weight is 400 g/mol. The Morgan fingerprint density at radius 1 is 1.04 bits per heavy atom. The molecule has 0 unspecified atom stereocenters. The zero-order valence-corrected chi connectivity index (χ0v) is 15.5. The number of rotatable bonds is 6. The standard InChI is InChI=1S/C16H17Cl2NO.C2H2O4/c1-20-14-7-5-12(6-8-14)9-10-19-11-13-3-2-4-15(17)16(13)18;3-1(4)2(5)6/h2-8,19H,9-11H2,1H3;(H,3,4)(H,5,6). The van der Waals surface area contributed by atoms with Gasteiger partial charge in [-0.25, -0.2) is 9.59 Å². The molecule has 8 heteroatoms. The van der Waals surface area contributed by atoms with Crippen LogP contribution in [0.2, 0.25) is 10.0 Å². The van der Waals surface area contributed by atoms with Crippen molar-refractivity contribution in [1.82, 2.24) is 5.32 Å². The molecule has 0 heterocycles. The highest BCUT2D eigenvalue weighted by atomic mass is 35.5. The summed E-state index contributed by atoms with van der Waals surface area (Å²) >= 11 is 12.1.